The Morgan fingerprint density at radius 1 is 1.25 bits per heavy atom. The molecule has 0 aromatic heterocycles. The van der Waals surface area contributed by atoms with Crippen molar-refractivity contribution in [1.82, 2.24) is 0 Å². The molecule has 0 fully saturated rings. The van der Waals surface area contributed by atoms with E-state index < -0.39 is 0 Å². The second-order valence-corrected chi connectivity index (χ2v) is 2.48. The van der Waals surface area contributed by atoms with E-state index in [1.165, 1.54) is 0 Å². The van der Waals surface area contributed by atoms with Gasteiger partial charge in [-0.3, -0.25) is 0 Å². The second-order valence-electron chi connectivity index (χ2n) is 2.48. The van der Waals surface area contributed by atoms with Crippen LogP contribution in [0.5, 0.6) is 0 Å². The van der Waals surface area contributed by atoms with E-state index in [4.69, 9.17) is 5.11 Å². The van der Waals surface area contributed by atoms with E-state index in [1.54, 1.807) is 0 Å². The van der Waals surface area contributed by atoms with Crippen molar-refractivity contribution in [2.24, 2.45) is 5.92 Å². The average Bonchev–Trinajstić information content (AvgIpc) is 1.27. The fraction of sp³-hybridized carbons (Fsp3) is 1.00. The van der Waals surface area contributed by atoms with Crippen molar-refractivity contribution in [3.05, 3.63) is 0 Å². The van der Waals surface area contributed by atoms with E-state index in [0.717, 1.165) is 6.42 Å². The van der Waals surface area contributed by atoms with Gasteiger partial charge in [0.05, 0.1) is 6.10 Å². The predicted molar refractivity (Wildman–Crippen MR) is 39.7 cm³/mol. The number of rotatable bonds is 2. The van der Waals surface area contributed by atoms with E-state index in [-0.39, 0.29) is 43.8 Å². The first-order chi connectivity index (χ1) is 3.13. The summed E-state index contributed by atoms with van der Waals surface area (Å²) in [7, 11) is 0. The minimum atomic E-state index is -0.125. The summed E-state index contributed by atoms with van der Waals surface area (Å²) in [6.07, 6.45) is 0.792. The third-order valence-electron chi connectivity index (χ3n) is 0.813. The van der Waals surface area contributed by atoms with E-state index in [0.29, 0.717) is 5.92 Å². The Bertz CT molecular complexity index is 37.8. The molecule has 0 aliphatic carbocycles. The molecule has 0 amide bonds. The molecule has 0 spiro atoms. The zero-order chi connectivity index (χ0) is 5.86. The summed E-state index contributed by atoms with van der Waals surface area (Å²) < 4.78 is 0. The number of hydrogen-bond donors (Lipinski definition) is 1. The van der Waals surface area contributed by atoms with Crippen LogP contribution in [0, 0.1) is 5.92 Å². The van der Waals surface area contributed by atoms with E-state index >= 15 is 0 Å². The average molecular weight is 144 g/mol. The van der Waals surface area contributed by atoms with Gasteiger partial charge in [0.25, 0.3) is 0 Å². The molecule has 0 aromatic rings. The summed E-state index contributed by atoms with van der Waals surface area (Å²) in [6, 6.07) is 0. The van der Waals surface area contributed by atoms with Crippen LogP contribution >= 0.6 is 0 Å². The second kappa shape index (κ2) is 6.34. The van der Waals surface area contributed by atoms with Crippen molar-refractivity contribution in [2.45, 2.75) is 33.3 Å². The molecule has 0 radical (unpaired) electrons. The summed E-state index contributed by atoms with van der Waals surface area (Å²) in [5, 5.41) is 8.72. The predicted octanol–water partition coefficient (Wildman–Crippen LogP) is 0.497. The Balaban J connectivity index is 0. The van der Waals surface area contributed by atoms with Gasteiger partial charge in [0.2, 0.25) is 0 Å². The number of aliphatic hydroxyl groups excluding tert-OH is 1. The number of aliphatic hydroxyl groups is 1. The molecule has 0 rings (SSSR count). The van der Waals surface area contributed by atoms with Crippen LogP contribution in [0.2, 0.25) is 0 Å². The summed E-state index contributed by atoms with van der Waals surface area (Å²) in [6.45, 7) is 6.03. The topological polar surface area (TPSA) is 20.2 Å². The molecule has 1 unspecified atom stereocenters. The molecule has 0 aliphatic heterocycles. The molecule has 0 aromatic carbocycles. The van der Waals surface area contributed by atoms with Gasteiger partial charge in [-0.05, 0) is 19.3 Å². The standard InChI is InChI=1S/C6H14O.Ca.2H/c1-5(2)4-6(3)7;;;/h5-7H,4H2,1-3H3;;;. The quantitative estimate of drug-likeness (QED) is 0.559. The zero-order valence-electron chi connectivity index (χ0n) is 5.31. The molecule has 8 heavy (non-hydrogen) atoms. The molecule has 1 nitrogen and oxygen atoms in total. The SMILES string of the molecule is CC(C)CC(C)O.[CaH2]. The van der Waals surface area contributed by atoms with Crippen LogP contribution in [-0.2, 0) is 0 Å². The maximum absolute atomic E-state index is 8.72. The van der Waals surface area contributed by atoms with Crippen molar-refractivity contribution in [2.75, 3.05) is 0 Å². The van der Waals surface area contributed by atoms with Crippen LogP contribution in [0.1, 0.15) is 27.2 Å². The summed E-state index contributed by atoms with van der Waals surface area (Å²) in [5.74, 6) is 0.625. The fourth-order valence-corrected chi connectivity index (χ4v) is 0.682. The first-order valence-corrected chi connectivity index (χ1v) is 2.81. The van der Waals surface area contributed by atoms with Crippen LogP contribution in [0.4, 0.5) is 0 Å². The van der Waals surface area contributed by atoms with Gasteiger partial charge in [0.1, 0.15) is 0 Å². The minimum absolute atomic E-state index is 0. The zero-order valence-corrected chi connectivity index (χ0v) is 5.31. The molecular formula is C6H16CaO. The van der Waals surface area contributed by atoms with Gasteiger partial charge in [0.15, 0.2) is 0 Å². The van der Waals surface area contributed by atoms with Gasteiger partial charge in [-0.25, -0.2) is 0 Å². The molecule has 1 N–H and O–H groups in total. The molecule has 0 saturated carbocycles. The number of hydrogen-bond acceptors (Lipinski definition) is 1. The maximum atomic E-state index is 8.72. The molecule has 2 heteroatoms. The summed E-state index contributed by atoms with van der Waals surface area (Å²) in [5.41, 5.74) is 0. The first-order valence-electron chi connectivity index (χ1n) is 2.81. The Hall–Kier alpha value is 1.22. The van der Waals surface area contributed by atoms with Crippen LogP contribution in [0.25, 0.3) is 0 Å². The van der Waals surface area contributed by atoms with Gasteiger partial charge < -0.3 is 5.11 Å². The fourth-order valence-electron chi connectivity index (χ4n) is 0.682. The Kier molecular flexibility index (Phi) is 9.47. The molecule has 0 heterocycles. The normalized spacial score (nSPS) is 13.1. The molecular weight excluding hydrogens is 128 g/mol. The van der Waals surface area contributed by atoms with Crippen LogP contribution < -0.4 is 0 Å². The van der Waals surface area contributed by atoms with Crippen LogP contribution in [0.15, 0.2) is 0 Å². The van der Waals surface area contributed by atoms with Crippen molar-refractivity contribution in [3.8, 4) is 0 Å². The van der Waals surface area contributed by atoms with Gasteiger partial charge in [-0.2, -0.15) is 0 Å². The molecule has 1 atom stereocenters. The van der Waals surface area contributed by atoms with Gasteiger partial charge in [0, 0.05) is 0 Å². The third kappa shape index (κ3) is 10.3. The molecule has 0 saturated heterocycles. The van der Waals surface area contributed by atoms with Crippen molar-refractivity contribution in [1.29, 1.82) is 0 Å². The van der Waals surface area contributed by atoms with Crippen molar-refractivity contribution in [3.63, 3.8) is 0 Å². The van der Waals surface area contributed by atoms with E-state index in [9.17, 15) is 0 Å². The Labute approximate surface area is 81.5 Å². The van der Waals surface area contributed by atoms with E-state index in [2.05, 4.69) is 13.8 Å². The van der Waals surface area contributed by atoms with Crippen molar-refractivity contribution >= 4 is 37.7 Å². The Morgan fingerprint density at radius 2 is 1.62 bits per heavy atom. The van der Waals surface area contributed by atoms with Crippen LogP contribution in [0.3, 0.4) is 0 Å². The molecule has 48 valence electrons. The summed E-state index contributed by atoms with van der Waals surface area (Å²) in [4.78, 5) is 0. The monoisotopic (exact) mass is 144 g/mol. The van der Waals surface area contributed by atoms with E-state index in [1.807, 2.05) is 6.92 Å². The van der Waals surface area contributed by atoms with Gasteiger partial charge in [-0.15, -0.1) is 0 Å². The van der Waals surface area contributed by atoms with Gasteiger partial charge in [-0.1, -0.05) is 13.8 Å². The third-order valence-corrected chi connectivity index (χ3v) is 0.813. The van der Waals surface area contributed by atoms with Crippen LogP contribution in [-0.4, -0.2) is 48.9 Å². The molecule has 0 bridgehead atoms. The Morgan fingerprint density at radius 3 is 1.62 bits per heavy atom. The van der Waals surface area contributed by atoms with Crippen molar-refractivity contribution < 1.29 is 5.11 Å². The molecule has 0 aliphatic rings. The summed E-state index contributed by atoms with van der Waals surface area (Å²) >= 11 is 0. The first kappa shape index (κ1) is 12.0. The van der Waals surface area contributed by atoms with Gasteiger partial charge >= 0.3 is 37.7 Å².